The van der Waals surface area contributed by atoms with Crippen LogP contribution in [-0.4, -0.2) is 55.4 Å². The number of carbonyl (C=O) groups excluding carboxylic acids is 3. The normalized spacial score (nSPS) is 17.1. The van der Waals surface area contributed by atoms with Crippen molar-refractivity contribution in [3.8, 4) is 5.69 Å². The average Bonchev–Trinajstić information content (AvgIpc) is 3.49. The molecule has 1 aliphatic carbocycles. The third-order valence-electron chi connectivity index (χ3n) is 5.69. The van der Waals surface area contributed by atoms with E-state index in [2.05, 4.69) is 26.2 Å². The lowest BCUT2D eigenvalue weighted by atomic mass is 10.0. The number of amides is 3. The summed E-state index contributed by atoms with van der Waals surface area (Å²) in [5.41, 5.74) is 1.57. The van der Waals surface area contributed by atoms with E-state index in [9.17, 15) is 18.8 Å². The van der Waals surface area contributed by atoms with Crippen LogP contribution in [0.2, 0.25) is 0 Å². The lowest BCUT2D eigenvalue weighted by Crippen LogP contribution is -2.42. The zero-order valence-corrected chi connectivity index (χ0v) is 17.7. The summed E-state index contributed by atoms with van der Waals surface area (Å²) in [6, 6.07) is 10.3. The summed E-state index contributed by atoms with van der Waals surface area (Å²) in [5, 5.41) is 16.2. The van der Waals surface area contributed by atoms with Crippen LogP contribution in [0.1, 0.15) is 40.6 Å². The number of fused-ring (bicyclic) bond motifs is 1. The molecule has 5 rings (SSSR count). The Balaban J connectivity index is 1.27. The van der Waals surface area contributed by atoms with Crippen LogP contribution in [0.25, 0.3) is 5.69 Å². The van der Waals surface area contributed by atoms with Crippen LogP contribution in [0.5, 0.6) is 0 Å². The molecule has 2 aliphatic rings. The second-order valence-corrected chi connectivity index (χ2v) is 8.00. The van der Waals surface area contributed by atoms with E-state index >= 15 is 0 Å². The number of benzene rings is 2. The number of hydrogen-bond acceptors (Lipinski definition) is 6. The van der Waals surface area contributed by atoms with Crippen LogP contribution >= 0.6 is 0 Å². The van der Waals surface area contributed by atoms with Gasteiger partial charge in [-0.3, -0.25) is 14.4 Å². The molecular formula is C22H20FN7O3. The van der Waals surface area contributed by atoms with Crippen molar-refractivity contribution >= 4 is 23.4 Å². The fourth-order valence-electron chi connectivity index (χ4n) is 4.01. The number of aromatic nitrogens is 4. The van der Waals surface area contributed by atoms with Crippen LogP contribution in [0.4, 0.5) is 10.1 Å². The predicted octanol–water partition coefficient (Wildman–Crippen LogP) is 1.52. The van der Waals surface area contributed by atoms with Crippen LogP contribution in [0.15, 0.2) is 42.5 Å². The first-order valence-corrected chi connectivity index (χ1v) is 10.5. The van der Waals surface area contributed by atoms with Gasteiger partial charge < -0.3 is 15.5 Å². The van der Waals surface area contributed by atoms with Crippen molar-refractivity contribution in [2.75, 3.05) is 11.9 Å². The van der Waals surface area contributed by atoms with Gasteiger partial charge in [-0.2, -0.15) is 4.68 Å². The Morgan fingerprint density at radius 2 is 1.97 bits per heavy atom. The number of tetrazole rings is 1. The number of rotatable bonds is 6. The van der Waals surface area contributed by atoms with Crippen LogP contribution in [0.3, 0.4) is 0 Å². The van der Waals surface area contributed by atoms with Crippen molar-refractivity contribution in [3.05, 3.63) is 65.2 Å². The molecule has 33 heavy (non-hydrogen) atoms. The number of nitrogens with zero attached hydrogens (tertiary/aromatic N) is 5. The number of carbonyl (C=O) groups is 3. The molecule has 10 nitrogen and oxygen atoms in total. The third kappa shape index (κ3) is 3.81. The molecule has 1 aliphatic heterocycles. The Kier molecular flexibility index (Phi) is 5.08. The Labute approximate surface area is 187 Å². The van der Waals surface area contributed by atoms with Gasteiger partial charge in [0.1, 0.15) is 17.5 Å². The van der Waals surface area contributed by atoms with E-state index < -0.39 is 23.7 Å². The summed E-state index contributed by atoms with van der Waals surface area (Å²) in [6.07, 6.45) is 1.72. The molecule has 0 bridgehead atoms. The minimum Gasteiger partial charge on any atom is -0.345 e. The molecule has 3 aromatic rings. The van der Waals surface area contributed by atoms with E-state index in [1.807, 2.05) is 0 Å². The van der Waals surface area contributed by atoms with E-state index in [1.54, 1.807) is 36.1 Å². The van der Waals surface area contributed by atoms with Crippen LogP contribution in [-0.2, 0) is 9.59 Å². The molecule has 11 heteroatoms. The van der Waals surface area contributed by atoms with Gasteiger partial charge in [-0.1, -0.05) is 18.2 Å². The van der Waals surface area contributed by atoms with E-state index in [4.69, 9.17) is 0 Å². The van der Waals surface area contributed by atoms with Gasteiger partial charge in [0, 0.05) is 17.3 Å². The monoisotopic (exact) mass is 449 g/mol. The number of anilines is 1. The Morgan fingerprint density at radius 3 is 2.70 bits per heavy atom. The molecule has 1 atom stereocenters. The maximum Gasteiger partial charge on any atom is 0.255 e. The number of halogens is 1. The maximum absolute atomic E-state index is 14.2. The van der Waals surface area contributed by atoms with Gasteiger partial charge in [0.05, 0.1) is 6.54 Å². The molecule has 3 amide bonds. The van der Waals surface area contributed by atoms with E-state index in [0.717, 1.165) is 12.8 Å². The Hall–Kier alpha value is -4.15. The zero-order valence-electron chi connectivity index (χ0n) is 17.7. The zero-order chi connectivity index (χ0) is 23.1. The second kappa shape index (κ2) is 8.08. The standard InChI is InChI=1S/C22H20FN7O3/c1-12-26-27-28-30(12)18-10-13(6-9-17(18)23)25-19(31)11-24-21(32)20-15-4-2-3-5-16(15)22(33)29(20)14-7-8-14/h2-6,9-10,14,20H,7-8,11H2,1H3,(H,24,32)(H,25,31). The summed E-state index contributed by atoms with van der Waals surface area (Å²) in [5.74, 6) is -1.24. The highest BCUT2D eigenvalue weighted by Crippen LogP contribution is 2.41. The van der Waals surface area contributed by atoms with Gasteiger partial charge in [0.25, 0.3) is 5.91 Å². The molecule has 0 spiro atoms. The molecule has 1 saturated carbocycles. The van der Waals surface area contributed by atoms with Gasteiger partial charge in [0.2, 0.25) is 11.8 Å². The third-order valence-corrected chi connectivity index (χ3v) is 5.69. The lowest BCUT2D eigenvalue weighted by Gasteiger charge is -2.24. The quantitative estimate of drug-likeness (QED) is 0.589. The SMILES string of the molecule is Cc1nnnn1-c1cc(NC(=O)CNC(=O)C2c3ccccc3C(=O)N2C2CC2)ccc1F. The minimum absolute atomic E-state index is 0.0434. The second-order valence-electron chi connectivity index (χ2n) is 8.00. The molecule has 2 N–H and O–H groups in total. The molecule has 0 radical (unpaired) electrons. The largest absolute Gasteiger partial charge is 0.345 e. The molecule has 168 valence electrons. The van der Waals surface area contributed by atoms with E-state index in [-0.39, 0.29) is 24.2 Å². The van der Waals surface area contributed by atoms with Crippen molar-refractivity contribution < 1.29 is 18.8 Å². The minimum atomic E-state index is -0.755. The van der Waals surface area contributed by atoms with Crippen LogP contribution < -0.4 is 10.6 Å². The highest BCUT2D eigenvalue weighted by Gasteiger charge is 2.47. The molecule has 2 heterocycles. The predicted molar refractivity (Wildman–Crippen MR) is 114 cm³/mol. The highest BCUT2D eigenvalue weighted by molar-refractivity contribution is 6.05. The molecule has 1 aromatic heterocycles. The Bertz CT molecular complexity index is 1270. The molecule has 2 aromatic carbocycles. The number of hydrogen-bond donors (Lipinski definition) is 2. The number of aryl methyl sites for hydroxylation is 1. The van der Waals surface area contributed by atoms with Crippen molar-refractivity contribution in [3.63, 3.8) is 0 Å². The molecule has 0 saturated heterocycles. The highest BCUT2D eigenvalue weighted by atomic mass is 19.1. The average molecular weight is 449 g/mol. The van der Waals surface area contributed by atoms with Crippen molar-refractivity contribution in [1.29, 1.82) is 0 Å². The topological polar surface area (TPSA) is 122 Å². The van der Waals surface area contributed by atoms with Crippen molar-refractivity contribution in [1.82, 2.24) is 30.4 Å². The summed E-state index contributed by atoms with van der Waals surface area (Å²) < 4.78 is 15.4. The fourth-order valence-corrected chi connectivity index (χ4v) is 4.01. The van der Waals surface area contributed by atoms with Gasteiger partial charge in [0.15, 0.2) is 5.82 Å². The summed E-state index contributed by atoms with van der Waals surface area (Å²) >= 11 is 0. The summed E-state index contributed by atoms with van der Waals surface area (Å²) in [6.45, 7) is 1.32. The first kappa shape index (κ1) is 20.7. The Morgan fingerprint density at radius 1 is 1.18 bits per heavy atom. The molecular weight excluding hydrogens is 429 g/mol. The van der Waals surface area contributed by atoms with E-state index in [1.165, 1.54) is 22.9 Å². The van der Waals surface area contributed by atoms with Crippen molar-refractivity contribution in [2.45, 2.75) is 31.8 Å². The maximum atomic E-state index is 14.2. The first-order chi connectivity index (χ1) is 15.9. The lowest BCUT2D eigenvalue weighted by molar-refractivity contribution is -0.127. The van der Waals surface area contributed by atoms with Gasteiger partial charge in [-0.05, 0) is 60.0 Å². The van der Waals surface area contributed by atoms with Gasteiger partial charge in [-0.15, -0.1) is 5.10 Å². The summed E-state index contributed by atoms with van der Waals surface area (Å²) in [4.78, 5) is 39.8. The summed E-state index contributed by atoms with van der Waals surface area (Å²) in [7, 11) is 0. The molecule has 1 fully saturated rings. The van der Waals surface area contributed by atoms with Gasteiger partial charge in [-0.25, -0.2) is 4.39 Å². The van der Waals surface area contributed by atoms with Gasteiger partial charge >= 0.3 is 0 Å². The molecule has 1 unspecified atom stereocenters. The first-order valence-electron chi connectivity index (χ1n) is 10.5. The van der Waals surface area contributed by atoms with E-state index in [0.29, 0.717) is 22.6 Å². The smallest absolute Gasteiger partial charge is 0.255 e. The number of nitrogens with one attached hydrogen (secondary N) is 2. The fraction of sp³-hybridized carbons (Fsp3) is 0.273. The van der Waals surface area contributed by atoms with Crippen LogP contribution in [0, 0.1) is 12.7 Å². The van der Waals surface area contributed by atoms with Crippen molar-refractivity contribution in [2.24, 2.45) is 0 Å².